The molecule has 4 rings (SSSR count). The molecule has 0 aromatic heterocycles. The van der Waals surface area contributed by atoms with Gasteiger partial charge in [0.2, 0.25) is 0 Å². The summed E-state index contributed by atoms with van der Waals surface area (Å²) in [5.41, 5.74) is -0.875. The molecule has 0 saturated carbocycles. The molecule has 4 aliphatic rings. The van der Waals surface area contributed by atoms with Crippen LogP contribution in [0.4, 0.5) is 0 Å². The van der Waals surface area contributed by atoms with Crippen molar-refractivity contribution in [3.63, 3.8) is 0 Å². The van der Waals surface area contributed by atoms with Gasteiger partial charge in [0.1, 0.15) is 35.6 Å². The van der Waals surface area contributed by atoms with E-state index < -0.39 is 35.6 Å². The Morgan fingerprint density at radius 1 is 0.833 bits per heavy atom. The van der Waals surface area contributed by atoms with Crippen LogP contribution < -0.4 is 0 Å². The standard InChI is InChI=1S/C18H28O6/c1-3-11-7-17(9-21-17)15(19)13(23-11)5-6-14-16(20)18(10-22-18)8-12(4-2)24-14/h5-6,11-16,19-20H,3-4,7-10H2,1-2H3/b6-5+/t11-,12-,13+,14+,15+,16+,17+,18+/m1/s1. The molecular formula is C18H28O6. The SMILES string of the molecule is CC[C@@H]1C[C@]2(CO2)[C@@H](O)[C@H](/C=C/[C@@H]2O[C@H](CC)C[C@]3(CO3)[C@H]2O)O1. The summed E-state index contributed by atoms with van der Waals surface area (Å²) in [6.07, 6.45) is 4.89. The first-order valence-electron chi connectivity index (χ1n) is 9.15. The quantitative estimate of drug-likeness (QED) is 0.585. The van der Waals surface area contributed by atoms with E-state index in [1.807, 2.05) is 12.2 Å². The fourth-order valence-electron chi connectivity index (χ4n) is 4.06. The molecule has 136 valence electrons. The molecule has 4 heterocycles. The molecule has 4 saturated heterocycles. The zero-order chi connectivity index (χ0) is 16.9. The molecule has 8 atom stereocenters. The lowest BCUT2D eigenvalue weighted by molar-refractivity contribution is -0.139. The average molecular weight is 340 g/mol. The van der Waals surface area contributed by atoms with Crippen LogP contribution in [0.25, 0.3) is 0 Å². The molecule has 2 spiro atoms. The molecule has 24 heavy (non-hydrogen) atoms. The van der Waals surface area contributed by atoms with Crippen molar-refractivity contribution in [3.8, 4) is 0 Å². The molecular weight excluding hydrogens is 312 g/mol. The summed E-state index contributed by atoms with van der Waals surface area (Å²) >= 11 is 0. The molecule has 0 aromatic carbocycles. The minimum Gasteiger partial charge on any atom is -0.387 e. The highest BCUT2D eigenvalue weighted by Crippen LogP contribution is 2.45. The van der Waals surface area contributed by atoms with Gasteiger partial charge in [-0.2, -0.15) is 0 Å². The molecule has 0 radical (unpaired) electrons. The maximum atomic E-state index is 10.6. The number of hydrogen-bond donors (Lipinski definition) is 2. The van der Waals surface area contributed by atoms with Crippen molar-refractivity contribution >= 4 is 0 Å². The maximum Gasteiger partial charge on any atom is 0.123 e. The summed E-state index contributed by atoms with van der Waals surface area (Å²) in [6, 6.07) is 0. The Labute approximate surface area is 142 Å². The van der Waals surface area contributed by atoms with Gasteiger partial charge in [0.15, 0.2) is 0 Å². The van der Waals surface area contributed by atoms with E-state index in [1.165, 1.54) is 0 Å². The number of ether oxygens (including phenoxy) is 4. The second-order valence-electron chi connectivity index (χ2n) is 7.65. The van der Waals surface area contributed by atoms with E-state index in [1.54, 1.807) is 0 Å². The van der Waals surface area contributed by atoms with Crippen LogP contribution in [0, 0.1) is 0 Å². The normalized spacial score (nSPS) is 53.8. The van der Waals surface area contributed by atoms with Crippen LogP contribution in [-0.4, -0.2) is 71.3 Å². The Balaban J connectivity index is 1.47. The van der Waals surface area contributed by atoms with Crippen LogP contribution in [0.1, 0.15) is 39.5 Å². The Morgan fingerprint density at radius 2 is 1.21 bits per heavy atom. The molecule has 2 N–H and O–H groups in total. The van der Waals surface area contributed by atoms with Gasteiger partial charge in [-0.05, 0) is 12.8 Å². The Bertz CT molecular complexity index is 454. The summed E-state index contributed by atoms with van der Waals surface area (Å²) in [5, 5.41) is 21.1. The third-order valence-electron chi connectivity index (χ3n) is 5.98. The largest absolute Gasteiger partial charge is 0.387 e. The van der Waals surface area contributed by atoms with Crippen LogP contribution in [-0.2, 0) is 18.9 Å². The highest BCUT2D eigenvalue weighted by molar-refractivity contribution is 5.15. The summed E-state index contributed by atoms with van der Waals surface area (Å²) in [6.45, 7) is 5.34. The molecule has 6 nitrogen and oxygen atoms in total. The topological polar surface area (TPSA) is 84.0 Å². The first-order chi connectivity index (χ1) is 11.5. The van der Waals surface area contributed by atoms with Gasteiger partial charge in [-0.3, -0.25) is 0 Å². The third kappa shape index (κ3) is 2.83. The molecule has 0 amide bonds. The second-order valence-corrected chi connectivity index (χ2v) is 7.65. The van der Waals surface area contributed by atoms with E-state index in [2.05, 4.69) is 13.8 Å². The van der Waals surface area contributed by atoms with Crippen LogP contribution in [0.5, 0.6) is 0 Å². The monoisotopic (exact) mass is 340 g/mol. The fraction of sp³-hybridized carbons (Fsp3) is 0.889. The van der Waals surface area contributed by atoms with E-state index in [0.717, 1.165) is 25.7 Å². The number of hydrogen-bond acceptors (Lipinski definition) is 6. The Morgan fingerprint density at radius 3 is 1.50 bits per heavy atom. The number of aliphatic hydroxyl groups is 2. The van der Waals surface area contributed by atoms with E-state index in [9.17, 15) is 10.2 Å². The van der Waals surface area contributed by atoms with Gasteiger partial charge < -0.3 is 29.2 Å². The molecule has 0 bridgehead atoms. The number of rotatable bonds is 4. The van der Waals surface area contributed by atoms with Crippen LogP contribution >= 0.6 is 0 Å². The van der Waals surface area contributed by atoms with E-state index in [4.69, 9.17) is 18.9 Å². The van der Waals surface area contributed by atoms with Crippen molar-refractivity contribution in [2.75, 3.05) is 13.2 Å². The summed E-state index contributed by atoms with van der Waals surface area (Å²) in [7, 11) is 0. The van der Waals surface area contributed by atoms with Gasteiger partial charge in [0.25, 0.3) is 0 Å². The highest BCUT2D eigenvalue weighted by atomic mass is 16.6. The Hall–Kier alpha value is -0.500. The highest BCUT2D eigenvalue weighted by Gasteiger charge is 2.59. The first kappa shape index (κ1) is 16.9. The van der Waals surface area contributed by atoms with Gasteiger partial charge in [0.05, 0.1) is 25.4 Å². The zero-order valence-corrected chi connectivity index (χ0v) is 14.4. The van der Waals surface area contributed by atoms with Crippen LogP contribution in [0.3, 0.4) is 0 Å². The van der Waals surface area contributed by atoms with Crippen molar-refractivity contribution in [2.24, 2.45) is 0 Å². The fourth-order valence-corrected chi connectivity index (χ4v) is 4.06. The third-order valence-corrected chi connectivity index (χ3v) is 5.98. The van der Waals surface area contributed by atoms with Crippen molar-refractivity contribution in [1.29, 1.82) is 0 Å². The van der Waals surface area contributed by atoms with E-state index in [0.29, 0.717) is 13.2 Å². The van der Waals surface area contributed by atoms with Crippen molar-refractivity contribution < 1.29 is 29.2 Å². The molecule has 6 heteroatoms. The smallest absolute Gasteiger partial charge is 0.123 e. The molecule has 4 aliphatic heterocycles. The van der Waals surface area contributed by atoms with Gasteiger partial charge in [-0.1, -0.05) is 26.0 Å². The number of epoxide rings is 2. The average Bonchev–Trinajstić information content (AvgIpc) is 3.50. The lowest BCUT2D eigenvalue weighted by Crippen LogP contribution is -2.51. The van der Waals surface area contributed by atoms with Crippen LogP contribution in [0.2, 0.25) is 0 Å². The Kier molecular flexibility index (Phi) is 4.26. The lowest BCUT2D eigenvalue weighted by Gasteiger charge is -2.38. The summed E-state index contributed by atoms with van der Waals surface area (Å²) in [4.78, 5) is 0. The van der Waals surface area contributed by atoms with Gasteiger partial charge in [-0.15, -0.1) is 0 Å². The molecule has 0 aliphatic carbocycles. The van der Waals surface area contributed by atoms with Crippen molar-refractivity contribution in [1.82, 2.24) is 0 Å². The van der Waals surface area contributed by atoms with Gasteiger partial charge >= 0.3 is 0 Å². The van der Waals surface area contributed by atoms with E-state index >= 15 is 0 Å². The lowest BCUT2D eigenvalue weighted by atomic mass is 9.86. The van der Waals surface area contributed by atoms with Crippen molar-refractivity contribution in [3.05, 3.63) is 12.2 Å². The second kappa shape index (κ2) is 6.04. The first-order valence-corrected chi connectivity index (χ1v) is 9.15. The van der Waals surface area contributed by atoms with E-state index in [-0.39, 0.29) is 12.2 Å². The van der Waals surface area contributed by atoms with Gasteiger partial charge in [0, 0.05) is 12.8 Å². The number of aliphatic hydroxyl groups excluding tert-OH is 2. The maximum absolute atomic E-state index is 10.6. The summed E-state index contributed by atoms with van der Waals surface area (Å²) < 4.78 is 23.0. The van der Waals surface area contributed by atoms with Crippen LogP contribution in [0.15, 0.2) is 12.2 Å². The summed E-state index contributed by atoms with van der Waals surface area (Å²) in [5.74, 6) is 0. The van der Waals surface area contributed by atoms with Crippen molar-refractivity contribution in [2.45, 2.75) is 87.4 Å². The molecule has 0 unspecified atom stereocenters. The minimum atomic E-state index is -0.676. The predicted molar refractivity (Wildman–Crippen MR) is 85.7 cm³/mol. The zero-order valence-electron chi connectivity index (χ0n) is 14.4. The van der Waals surface area contributed by atoms with Gasteiger partial charge in [-0.25, -0.2) is 0 Å². The predicted octanol–water partition coefficient (Wildman–Crippen LogP) is 0.937. The minimum absolute atomic E-state index is 0.0873. The molecule has 0 aromatic rings. The molecule has 4 fully saturated rings.